The van der Waals surface area contributed by atoms with Gasteiger partial charge in [0.1, 0.15) is 0 Å². The number of fused-ring (bicyclic) bond motifs is 1. The average Bonchev–Trinajstić information content (AvgIpc) is 2.65. The maximum atomic E-state index is 13.1. The number of para-hydroxylation sites is 1. The smallest absolute Gasteiger partial charge is 0.244 e. The third-order valence-corrected chi connectivity index (χ3v) is 6.13. The topological polar surface area (TPSA) is 52.7 Å². The van der Waals surface area contributed by atoms with Gasteiger partial charge in [-0.3, -0.25) is 14.5 Å². The number of piperidine rings is 1. The summed E-state index contributed by atoms with van der Waals surface area (Å²) in [7, 11) is 0. The second kappa shape index (κ2) is 8.23. The lowest BCUT2D eigenvalue weighted by molar-refractivity contribution is -0.124. The molecule has 2 aliphatic heterocycles. The highest BCUT2D eigenvalue weighted by atomic mass is 32.2. The largest absolute Gasteiger partial charge is 0.356 e. The Hall–Kier alpha value is -1.53. The average molecular weight is 362 g/mol. The zero-order valence-corrected chi connectivity index (χ0v) is 15.8. The maximum Gasteiger partial charge on any atom is 0.244 e. The summed E-state index contributed by atoms with van der Waals surface area (Å²) in [5, 5.41) is 2.92. The van der Waals surface area contributed by atoms with Gasteiger partial charge < -0.3 is 10.2 Å². The molecule has 0 aromatic heterocycles. The Labute approximate surface area is 154 Å². The third-order valence-electron chi connectivity index (χ3n) is 5.09. The van der Waals surface area contributed by atoms with Gasteiger partial charge in [0, 0.05) is 37.2 Å². The first-order valence-corrected chi connectivity index (χ1v) is 10.1. The lowest BCUT2D eigenvalue weighted by Gasteiger charge is -2.39. The fraction of sp³-hybridized carbons (Fsp3) is 0.579. The number of carbonyl (C=O) groups excluding carboxylic acids is 2. The molecule has 5 nitrogen and oxygen atoms in total. The van der Waals surface area contributed by atoms with E-state index in [4.69, 9.17) is 0 Å². The Morgan fingerprint density at radius 1 is 1.32 bits per heavy atom. The van der Waals surface area contributed by atoms with Crippen LogP contribution in [0.1, 0.15) is 26.7 Å². The van der Waals surface area contributed by atoms with Crippen LogP contribution in [0.2, 0.25) is 0 Å². The van der Waals surface area contributed by atoms with Crippen molar-refractivity contribution in [3.05, 3.63) is 24.3 Å². The fourth-order valence-corrected chi connectivity index (χ4v) is 4.68. The molecule has 1 aromatic rings. The molecule has 1 fully saturated rings. The Kier molecular flexibility index (Phi) is 6.02. The van der Waals surface area contributed by atoms with E-state index in [0.29, 0.717) is 12.5 Å². The van der Waals surface area contributed by atoms with Gasteiger partial charge in [-0.05, 0) is 44.4 Å². The molecule has 0 spiro atoms. The number of amides is 2. The Morgan fingerprint density at radius 3 is 2.92 bits per heavy atom. The standard InChI is InChI=1S/C19H27N3O2S/c1-14(21-9-5-6-16(13-21)12-20-15(2)23)19(24)22-10-11-25-18-8-4-3-7-17(18)22/h3-4,7-8,14,16H,5-6,9-13H2,1-2H3,(H,20,23). The first-order valence-electron chi connectivity index (χ1n) is 9.08. The summed E-state index contributed by atoms with van der Waals surface area (Å²) in [6.45, 7) is 6.88. The molecule has 0 saturated carbocycles. The molecular weight excluding hydrogens is 334 g/mol. The molecule has 6 heteroatoms. The Balaban J connectivity index is 1.65. The van der Waals surface area contributed by atoms with E-state index in [1.807, 2.05) is 41.8 Å². The molecule has 3 rings (SSSR count). The van der Waals surface area contributed by atoms with Gasteiger partial charge in [0.05, 0.1) is 11.7 Å². The zero-order chi connectivity index (χ0) is 17.8. The van der Waals surface area contributed by atoms with Crippen LogP contribution in [-0.4, -0.2) is 54.7 Å². The Morgan fingerprint density at radius 2 is 2.12 bits per heavy atom. The molecule has 25 heavy (non-hydrogen) atoms. The van der Waals surface area contributed by atoms with Gasteiger partial charge in [0.2, 0.25) is 11.8 Å². The van der Waals surface area contributed by atoms with Crippen LogP contribution in [0.3, 0.4) is 0 Å². The van der Waals surface area contributed by atoms with Gasteiger partial charge >= 0.3 is 0 Å². The summed E-state index contributed by atoms with van der Waals surface area (Å²) in [5.41, 5.74) is 1.04. The van der Waals surface area contributed by atoms with Crippen LogP contribution in [0.25, 0.3) is 0 Å². The van der Waals surface area contributed by atoms with Gasteiger partial charge in [-0.2, -0.15) is 0 Å². The summed E-state index contributed by atoms with van der Waals surface area (Å²) >= 11 is 1.82. The molecule has 2 atom stereocenters. The Bertz CT molecular complexity index is 637. The van der Waals surface area contributed by atoms with Crippen molar-refractivity contribution in [2.24, 2.45) is 5.92 Å². The highest BCUT2D eigenvalue weighted by molar-refractivity contribution is 7.99. The molecule has 0 aliphatic carbocycles. The SMILES string of the molecule is CC(=O)NCC1CCCN(C(C)C(=O)N2CCSc3ccccc32)C1. The molecule has 1 N–H and O–H groups in total. The van der Waals surface area contributed by atoms with Crippen molar-refractivity contribution < 1.29 is 9.59 Å². The molecule has 1 aromatic carbocycles. The highest BCUT2D eigenvalue weighted by Gasteiger charge is 2.32. The van der Waals surface area contributed by atoms with E-state index in [9.17, 15) is 9.59 Å². The molecule has 2 aliphatic rings. The molecule has 0 bridgehead atoms. The molecule has 2 unspecified atom stereocenters. The van der Waals surface area contributed by atoms with Crippen LogP contribution in [0, 0.1) is 5.92 Å². The number of hydrogen-bond acceptors (Lipinski definition) is 4. The molecule has 0 radical (unpaired) electrons. The zero-order valence-electron chi connectivity index (χ0n) is 15.0. The summed E-state index contributed by atoms with van der Waals surface area (Å²) in [6, 6.07) is 8.04. The summed E-state index contributed by atoms with van der Waals surface area (Å²) < 4.78 is 0. The molecule has 136 valence electrons. The van der Waals surface area contributed by atoms with Crippen LogP contribution < -0.4 is 10.2 Å². The number of hydrogen-bond donors (Lipinski definition) is 1. The van der Waals surface area contributed by atoms with Crippen LogP contribution in [0.4, 0.5) is 5.69 Å². The third kappa shape index (κ3) is 4.36. The van der Waals surface area contributed by atoms with Crippen molar-refractivity contribution in [2.45, 2.75) is 37.6 Å². The van der Waals surface area contributed by atoms with E-state index < -0.39 is 0 Å². The van der Waals surface area contributed by atoms with Gasteiger partial charge in [0.25, 0.3) is 0 Å². The lowest BCUT2D eigenvalue weighted by Crippen LogP contribution is -2.52. The summed E-state index contributed by atoms with van der Waals surface area (Å²) in [4.78, 5) is 29.7. The first kappa shape index (κ1) is 18.3. The molecule has 2 heterocycles. The second-order valence-electron chi connectivity index (χ2n) is 6.92. The van der Waals surface area contributed by atoms with Crippen LogP contribution in [-0.2, 0) is 9.59 Å². The van der Waals surface area contributed by atoms with Crippen molar-refractivity contribution in [1.29, 1.82) is 0 Å². The summed E-state index contributed by atoms with van der Waals surface area (Å²) in [5.74, 6) is 1.58. The van der Waals surface area contributed by atoms with Crippen LogP contribution in [0.5, 0.6) is 0 Å². The predicted octanol–water partition coefficient (Wildman–Crippen LogP) is 2.36. The van der Waals surface area contributed by atoms with Gasteiger partial charge in [0.15, 0.2) is 0 Å². The van der Waals surface area contributed by atoms with E-state index in [1.165, 1.54) is 4.90 Å². The predicted molar refractivity (Wildman–Crippen MR) is 102 cm³/mol. The molecule has 2 amide bonds. The number of thioether (sulfide) groups is 1. The van der Waals surface area contributed by atoms with Crippen molar-refractivity contribution in [2.75, 3.05) is 36.8 Å². The van der Waals surface area contributed by atoms with Gasteiger partial charge in [-0.1, -0.05) is 12.1 Å². The minimum absolute atomic E-state index is 0.0173. The van der Waals surface area contributed by atoms with E-state index in [1.54, 1.807) is 6.92 Å². The second-order valence-corrected chi connectivity index (χ2v) is 8.06. The molecule has 1 saturated heterocycles. The minimum Gasteiger partial charge on any atom is -0.356 e. The van der Waals surface area contributed by atoms with Crippen molar-refractivity contribution in [1.82, 2.24) is 10.2 Å². The number of likely N-dealkylation sites (tertiary alicyclic amines) is 1. The van der Waals surface area contributed by atoms with Crippen LogP contribution >= 0.6 is 11.8 Å². The number of nitrogens with zero attached hydrogens (tertiary/aromatic N) is 2. The number of anilines is 1. The summed E-state index contributed by atoms with van der Waals surface area (Å²) in [6.07, 6.45) is 2.19. The van der Waals surface area contributed by atoms with Gasteiger partial charge in [-0.15, -0.1) is 11.8 Å². The van der Waals surface area contributed by atoms with Crippen molar-refractivity contribution >= 4 is 29.3 Å². The normalized spacial score (nSPS) is 22.2. The maximum absolute atomic E-state index is 13.1. The number of carbonyl (C=O) groups is 2. The van der Waals surface area contributed by atoms with Crippen LogP contribution in [0.15, 0.2) is 29.2 Å². The number of nitrogens with one attached hydrogen (secondary N) is 1. The minimum atomic E-state index is -0.128. The number of rotatable bonds is 4. The van der Waals surface area contributed by atoms with Crippen molar-refractivity contribution in [3.8, 4) is 0 Å². The lowest BCUT2D eigenvalue weighted by atomic mass is 9.96. The van der Waals surface area contributed by atoms with Crippen molar-refractivity contribution in [3.63, 3.8) is 0 Å². The van der Waals surface area contributed by atoms with E-state index in [-0.39, 0.29) is 17.9 Å². The quantitative estimate of drug-likeness (QED) is 0.895. The van der Waals surface area contributed by atoms with E-state index in [2.05, 4.69) is 16.3 Å². The molecular formula is C19H27N3O2S. The highest BCUT2D eigenvalue weighted by Crippen LogP contribution is 2.35. The monoisotopic (exact) mass is 361 g/mol. The van der Waals surface area contributed by atoms with E-state index in [0.717, 1.165) is 43.9 Å². The first-order chi connectivity index (χ1) is 12.1. The van der Waals surface area contributed by atoms with Gasteiger partial charge in [-0.25, -0.2) is 0 Å². The van der Waals surface area contributed by atoms with E-state index >= 15 is 0 Å². The fourth-order valence-electron chi connectivity index (χ4n) is 3.68. The number of benzene rings is 1.